The lowest BCUT2D eigenvalue weighted by atomic mass is 9.92. The minimum absolute atomic E-state index is 0.0898. The van der Waals surface area contributed by atoms with E-state index >= 15 is 0 Å². The first-order chi connectivity index (χ1) is 13.0. The van der Waals surface area contributed by atoms with Crippen molar-refractivity contribution in [2.75, 3.05) is 7.05 Å². The van der Waals surface area contributed by atoms with Crippen molar-refractivity contribution in [2.45, 2.75) is 25.3 Å². The Hall–Kier alpha value is -3.29. The Bertz CT molecular complexity index is 1040. The van der Waals surface area contributed by atoms with Gasteiger partial charge >= 0.3 is 0 Å². The number of carbonyl (C=O) groups is 1. The zero-order chi connectivity index (χ0) is 19.0. The molecule has 1 aromatic carbocycles. The Morgan fingerprint density at radius 1 is 1.26 bits per heavy atom. The Labute approximate surface area is 154 Å². The number of carbonyl (C=O) groups excluding carboxylic acids is 1. The third-order valence-electron chi connectivity index (χ3n) is 4.89. The van der Waals surface area contributed by atoms with E-state index in [-0.39, 0.29) is 17.6 Å². The van der Waals surface area contributed by atoms with Gasteiger partial charge in [0.1, 0.15) is 11.5 Å². The largest absolute Gasteiger partial charge is 0.333 e. The molecule has 2 aromatic heterocycles. The summed E-state index contributed by atoms with van der Waals surface area (Å²) >= 11 is 0. The topological polar surface area (TPSA) is 83.9 Å². The minimum atomic E-state index is -0.410. The smallest absolute Gasteiger partial charge is 0.274 e. The van der Waals surface area contributed by atoms with Crippen LogP contribution < -0.4 is 5.56 Å². The molecule has 7 nitrogen and oxygen atoms in total. The number of hydrogen-bond acceptors (Lipinski definition) is 4. The average Bonchev–Trinajstić information content (AvgIpc) is 3.17. The molecule has 0 spiro atoms. The molecule has 8 heteroatoms. The van der Waals surface area contributed by atoms with E-state index in [4.69, 9.17) is 0 Å². The number of nitrogens with one attached hydrogen (secondary N) is 1. The van der Waals surface area contributed by atoms with Crippen LogP contribution in [-0.4, -0.2) is 37.8 Å². The minimum Gasteiger partial charge on any atom is -0.333 e. The lowest BCUT2D eigenvalue weighted by Crippen LogP contribution is -2.35. The normalized spacial score (nSPS) is 16.0. The van der Waals surface area contributed by atoms with E-state index in [1.165, 1.54) is 36.4 Å². The highest BCUT2D eigenvalue weighted by Gasteiger charge is 2.29. The quantitative estimate of drug-likeness (QED) is 0.770. The van der Waals surface area contributed by atoms with Crippen LogP contribution in [0.1, 0.15) is 40.6 Å². The molecule has 1 aliphatic carbocycles. The number of fused-ring (bicyclic) bond motifs is 1. The van der Waals surface area contributed by atoms with Crippen LogP contribution >= 0.6 is 0 Å². The SMILES string of the molecule is CN(C(=O)c1ccc(=O)n(-c2ccc(F)cc2)n1)C1CCCc2[nH]ncc21. The fourth-order valence-electron chi connectivity index (χ4n) is 3.45. The highest BCUT2D eigenvalue weighted by Crippen LogP contribution is 2.32. The Morgan fingerprint density at radius 3 is 2.81 bits per heavy atom. The number of hydrogen-bond donors (Lipinski definition) is 1. The van der Waals surface area contributed by atoms with Gasteiger partial charge in [0.05, 0.1) is 17.9 Å². The van der Waals surface area contributed by atoms with Gasteiger partial charge in [-0.25, -0.2) is 4.39 Å². The summed E-state index contributed by atoms with van der Waals surface area (Å²) in [7, 11) is 1.73. The van der Waals surface area contributed by atoms with Gasteiger partial charge in [-0.05, 0) is 49.6 Å². The first-order valence-electron chi connectivity index (χ1n) is 8.70. The molecular formula is C19H18FN5O2. The summed E-state index contributed by atoms with van der Waals surface area (Å²) in [6.07, 6.45) is 4.48. The fraction of sp³-hybridized carbons (Fsp3) is 0.263. The lowest BCUT2D eigenvalue weighted by molar-refractivity contribution is 0.0707. The van der Waals surface area contributed by atoms with Crippen molar-refractivity contribution >= 4 is 5.91 Å². The molecule has 0 aliphatic heterocycles. The van der Waals surface area contributed by atoms with Crippen LogP contribution in [0.5, 0.6) is 0 Å². The predicted octanol–water partition coefficient (Wildman–Crippen LogP) is 2.24. The monoisotopic (exact) mass is 367 g/mol. The second kappa shape index (κ2) is 6.79. The van der Waals surface area contributed by atoms with Crippen molar-refractivity contribution < 1.29 is 9.18 Å². The van der Waals surface area contributed by atoms with Crippen molar-refractivity contribution in [3.05, 3.63) is 75.7 Å². The van der Waals surface area contributed by atoms with Crippen molar-refractivity contribution in [2.24, 2.45) is 0 Å². The maximum absolute atomic E-state index is 13.1. The number of aryl methyl sites for hydroxylation is 1. The highest BCUT2D eigenvalue weighted by atomic mass is 19.1. The summed E-state index contributed by atoms with van der Waals surface area (Å²) in [5.41, 5.74) is 2.22. The van der Waals surface area contributed by atoms with E-state index in [1.807, 2.05) is 0 Å². The van der Waals surface area contributed by atoms with Crippen LogP contribution in [0.3, 0.4) is 0 Å². The van der Waals surface area contributed by atoms with Crippen molar-refractivity contribution in [1.29, 1.82) is 0 Å². The average molecular weight is 367 g/mol. The van der Waals surface area contributed by atoms with Gasteiger partial charge in [0.15, 0.2) is 0 Å². The van der Waals surface area contributed by atoms with Crippen molar-refractivity contribution in [1.82, 2.24) is 24.9 Å². The second-order valence-corrected chi connectivity index (χ2v) is 6.57. The van der Waals surface area contributed by atoms with Gasteiger partial charge in [0.25, 0.3) is 11.5 Å². The van der Waals surface area contributed by atoms with E-state index in [0.717, 1.165) is 35.2 Å². The molecule has 0 bridgehead atoms. The summed E-state index contributed by atoms with van der Waals surface area (Å²) in [5.74, 6) is -0.697. The Balaban J connectivity index is 1.66. The number of nitrogens with zero attached hydrogens (tertiary/aromatic N) is 4. The van der Waals surface area contributed by atoms with Crippen molar-refractivity contribution in [3.63, 3.8) is 0 Å². The summed E-state index contributed by atoms with van der Waals surface area (Å²) in [6.45, 7) is 0. The van der Waals surface area contributed by atoms with Crippen LogP contribution in [0.2, 0.25) is 0 Å². The van der Waals surface area contributed by atoms with E-state index in [2.05, 4.69) is 15.3 Å². The molecule has 0 saturated carbocycles. The molecule has 1 amide bonds. The van der Waals surface area contributed by atoms with Gasteiger partial charge in [-0.3, -0.25) is 14.7 Å². The van der Waals surface area contributed by atoms with E-state index in [9.17, 15) is 14.0 Å². The summed E-state index contributed by atoms with van der Waals surface area (Å²) in [6, 6.07) is 8.00. The van der Waals surface area contributed by atoms with Gasteiger partial charge in [-0.2, -0.15) is 14.9 Å². The summed E-state index contributed by atoms with van der Waals surface area (Å²) in [5, 5.41) is 11.3. The Morgan fingerprint density at radius 2 is 2.04 bits per heavy atom. The van der Waals surface area contributed by atoms with E-state index in [0.29, 0.717) is 5.69 Å². The second-order valence-electron chi connectivity index (χ2n) is 6.57. The molecule has 2 heterocycles. The Kier molecular flexibility index (Phi) is 4.31. The maximum atomic E-state index is 13.1. The van der Waals surface area contributed by atoms with Crippen molar-refractivity contribution in [3.8, 4) is 5.69 Å². The molecule has 138 valence electrons. The third-order valence-corrected chi connectivity index (χ3v) is 4.89. The molecule has 27 heavy (non-hydrogen) atoms. The molecule has 0 fully saturated rings. The molecule has 1 atom stereocenters. The predicted molar refractivity (Wildman–Crippen MR) is 96.2 cm³/mol. The standard InChI is InChI=1S/C19H18FN5O2/c1-24(17-4-2-3-15-14(17)11-21-22-15)19(27)16-9-10-18(26)25(23-16)13-7-5-12(20)6-8-13/h5-11,17H,2-4H2,1H3,(H,21,22). The third kappa shape index (κ3) is 3.14. The molecule has 1 unspecified atom stereocenters. The molecular weight excluding hydrogens is 349 g/mol. The lowest BCUT2D eigenvalue weighted by Gasteiger charge is -2.30. The van der Waals surface area contributed by atoms with Gasteiger partial charge in [-0.1, -0.05) is 0 Å². The molecule has 4 rings (SSSR count). The van der Waals surface area contributed by atoms with Crippen LogP contribution in [-0.2, 0) is 6.42 Å². The first-order valence-corrected chi connectivity index (χ1v) is 8.70. The van der Waals surface area contributed by atoms with Crippen LogP contribution in [0.25, 0.3) is 5.69 Å². The number of H-pyrrole nitrogens is 1. The fourth-order valence-corrected chi connectivity index (χ4v) is 3.45. The van der Waals surface area contributed by atoms with E-state index in [1.54, 1.807) is 18.1 Å². The summed E-state index contributed by atoms with van der Waals surface area (Å²) < 4.78 is 14.2. The van der Waals surface area contributed by atoms with Gasteiger partial charge in [0, 0.05) is 24.4 Å². The zero-order valence-corrected chi connectivity index (χ0v) is 14.7. The maximum Gasteiger partial charge on any atom is 0.274 e. The molecule has 1 N–H and O–H groups in total. The molecule has 1 aliphatic rings. The number of amides is 1. The van der Waals surface area contributed by atoms with Gasteiger partial charge < -0.3 is 4.90 Å². The van der Waals surface area contributed by atoms with Crippen LogP contribution in [0.4, 0.5) is 4.39 Å². The summed E-state index contributed by atoms with van der Waals surface area (Å²) in [4.78, 5) is 26.8. The molecule has 0 saturated heterocycles. The van der Waals surface area contributed by atoms with E-state index < -0.39 is 11.4 Å². The highest BCUT2D eigenvalue weighted by molar-refractivity contribution is 5.92. The first kappa shape index (κ1) is 17.1. The number of rotatable bonds is 3. The van der Waals surface area contributed by atoms with Crippen LogP contribution in [0.15, 0.2) is 47.4 Å². The number of benzene rings is 1. The molecule has 3 aromatic rings. The number of aromatic nitrogens is 4. The molecule has 0 radical (unpaired) electrons. The number of halogens is 1. The van der Waals surface area contributed by atoms with Crippen LogP contribution in [0, 0.1) is 5.82 Å². The van der Waals surface area contributed by atoms with Gasteiger partial charge in [-0.15, -0.1) is 0 Å². The number of aromatic amines is 1. The van der Waals surface area contributed by atoms with Gasteiger partial charge in [0.2, 0.25) is 0 Å². The zero-order valence-electron chi connectivity index (χ0n) is 14.7.